The van der Waals surface area contributed by atoms with E-state index in [2.05, 4.69) is 48.2 Å². The third kappa shape index (κ3) is 4.44. The number of halogens is 1. The molecule has 0 aromatic heterocycles. The summed E-state index contributed by atoms with van der Waals surface area (Å²) in [6.07, 6.45) is 1.74. The van der Waals surface area contributed by atoms with E-state index in [1.54, 1.807) is 0 Å². The number of nitrogens with zero attached hydrogens (tertiary/aromatic N) is 1. The lowest BCUT2D eigenvalue weighted by Gasteiger charge is -2.31. The Morgan fingerprint density at radius 3 is 2.18 bits per heavy atom. The molecule has 0 radical (unpaired) electrons. The van der Waals surface area contributed by atoms with Gasteiger partial charge in [-0.25, -0.2) is 0 Å². The van der Waals surface area contributed by atoms with Gasteiger partial charge < -0.3 is 4.90 Å². The Hall–Kier alpha value is -3.36. The van der Waals surface area contributed by atoms with Crippen LogP contribution in [-0.4, -0.2) is 16.8 Å². The maximum atomic E-state index is 14.2. The van der Waals surface area contributed by atoms with Gasteiger partial charge >= 0.3 is 0 Å². The maximum absolute atomic E-state index is 14.2. The Balaban J connectivity index is 1.57. The standard InChI is InChI=1S/C30H26ClNO/c1-21-9-5-6-14-25(21)20-32(27-17-23-12-7-8-13-24(23)18-27)30(33)29-19-26(31)15-16-28(29)22-10-3-2-4-11-22/h2-16,19,27H,17-18,20H2,1H3. The Morgan fingerprint density at radius 1 is 0.848 bits per heavy atom. The molecule has 0 spiro atoms. The van der Waals surface area contributed by atoms with E-state index in [0.29, 0.717) is 17.1 Å². The Bertz CT molecular complexity index is 1270. The van der Waals surface area contributed by atoms with Crippen LogP contribution in [-0.2, 0) is 19.4 Å². The fourth-order valence-electron chi connectivity index (χ4n) is 4.81. The summed E-state index contributed by atoms with van der Waals surface area (Å²) >= 11 is 6.40. The number of carbonyl (C=O) groups is 1. The highest BCUT2D eigenvalue weighted by Crippen LogP contribution is 2.32. The van der Waals surface area contributed by atoms with Crippen LogP contribution in [0.3, 0.4) is 0 Å². The van der Waals surface area contributed by atoms with Gasteiger partial charge in [-0.05, 0) is 65.3 Å². The summed E-state index contributed by atoms with van der Waals surface area (Å²) < 4.78 is 0. The molecule has 0 saturated carbocycles. The van der Waals surface area contributed by atoms with Crippen LogP contribution in [0.1, 0.15) is 32.6 Å². The summed E-state index contributed by atoms with van der Waals surface area (Å²) in [4.78, 5) is 16.3. The van der Waals surface area contributed by atoms with Crippen molar-refractivity contribution < 1.29 is 4.79 Å². The molecule has 164 valence electrons. The number of hydrogen-bond donors (Lipinski definition) is 0. The molecule has 4 aromatic rings. The average Bonchev–Trinajstić information content (AvgIpc) is 3.27. The van der Waals surface area contributed by atoms with Crippen LogP contribution in [0, 0.1) is 6.92 Å². The highest BCUT2D eigenvalue weighted by molar-refractivity contribution is 6.31. The third-order valence-corrected chi connectivity index (χ3v) is 6.86. The largest absolute Gasteiger partial charge is 0.331 e. The molecule has 33 heavy (non-hydrogen) atoms. The predicted molar refractivity (Wildman–Crippen MR) is 136 cm³/mol. The zero-order chi connectivity index (χ0) is 22.8. The Labute approximate surface area is 200 Å². The molecule has 4 aromatic carbocycles. The van der Waals surface area contributed by atoms with Gasteiger partial charge in [0.05, 0.1) is 0 Å². The molecule has 2 nitrogen and oxygen atoms in total. The van der Waals surface area contributed by atoms with Crippen molar-refractivity contribution in [3.8, 4) is 11.1 Å². The molecule has 0 saturated heterocycles. The first-order chi connectivity index (χ1) is 16.1. The van der Waals surface area contributed by atoms with Crippen molar-refractivity contribution in [3.63, 3.8) is 0 Å². The molecule has 0 N–H and O–H groups in total. The lowest BCUT2D eigenvalue weighted by Crippen LogP contribution is -2.40. The van der Waals surface area contributed by atoms with Gasteiger partial charge in [0.15, 0.2) is 0 Å². The van der Waals surface area contributed by atoms with E-state index in [1.165, 1.54) is 22.3 Å². The summed E-state index contributed by atoms with van der Waals surface area (Å²) in [6.45, 7) is 2.68. The van der Waals surface area contributed by atoms with Crippen molar-refractivity contribution >= 4 is 17.5 Å². The molecule has 5 rings (SSSR count). The fraction of sp³-hybridized carbons (Fsp3) is 0.167. The van der Waals surface area contributed by atoms with Crippen molar-refractivity contribution in [3.05, 3.63) is 130 Å². The van der Waals surface area contributed by atoms with Gasteiger partial charge in [0.1, 0.15) is 0 Å². The summed E-state index contributed by atoms with van der Waals surface area (Å²) in [5, 5.41) is 0.573. The zero-order valence-electron chi connectivity index (χ0n) is 18.7. The number of fused-ring (bicyclic) bond motifs is 1. The van der Waals surface area contributed by atoms with Crippen molar-refractivity contribution in [2.75, 3.05) is 0 Å². The van der Waals surface area contributed by atoms with Gasteiger partial charge in [0.25, 0.3) is 5.91 Å². The minimum Gasteiger partial charge on any atom is -0.331 e. The summed E-state index contributed by atoms with van der Waals surface area (Å²) in [5.74, 6) is 0.0254. The van der Waals surface area contributed by atoms with E-state index < -0.39 is 0 Å². The molecular formula is C30H26ClNO. The van der Waals surface area contributed by atoms with E-state index >= 15 is 0 Å². The van der Waals surface area contributed by atoms with Crippen LogP contribution in [0.15, 0.2) is 97.1 Å². The average molecular weight is 452 g/mol. The second-order valence-corrected chi connectivity index (χ2v) is 9.18. The summed E-state index contributed by atoms with van der Waals surface area (Å²) in [7, 11) is 0. The molecule has 1 amide bonds. The monoisotopic (exact) mass is 451 g/mol. The highest BCUT2D eigenvalue weighted by Gasteiger charge is 2.32. The first-order valence-electron chi connectivity index (χ1n) is 11.4. The molecular weight excluding hydrogens is 426 g/mol. The fourth-order valence-corrected chi connectivity index (χ4v) is 4.98. The second kappa shape index (κ2) is 9.25. The lowest BCUT2D eigenvalue weighted by molar-refractivity contribution is 0.0668. The smallest absolute Gasteiger partial charge is 0.255 e. The van der Waals surface area contributed by atoms with Crippen molar-refractivity contribution in [1.82, 2.24) is 4.90 Å². The molecule has 1 aliphatic rings. The first-order valence-corrected chi connectivity index (χ1v) is 11.7. The normalized spacial score (nSPS) is 13.0. The molecule has 0 bridgehead atoms. The molecule has 0 unspecified atom stereocenters. The van der Waals surface area contributed by atoms with Gasteiger partial charge in [-0.15, -0.1) is 0 Å². The number of carbonyl (C=O) groups excluding carboxylic acids is 1. The van der Waals surface area contributed by atoms with Crippen LogP contribution < -0.4 is 0 Å². The SMILES string of the molecule is Cc1ccccc1CN(C(=O)c1cc(Cl)ccc1-c1ccccc1)C1Cc2ccccc2C1. The second-order valence-electron chi connectivity index (χ2n) is 8.75. The van der Waals surface area contributed by atoms with Gasteiger partial charge in [0, 0.05) is 23.2 Å². The molecule has 1 aliphatic carbocycles. The van der Waals surface area contributed by atoms with Crippen LogP contribution >= 0.6 is 11.6 Å². The number of hydrogen-bond acceptors (Lipinski definition) is 1. The van der Waals surface area contributed by atoms with E-state index in [-0.39, 0.29) is 11.9 Å². The van der Waals surface area contributed by atoms with Gasteiger partial charge in [0.2, 0.25) is 0 Å². The van der Waals surface area contributed by atoms with Gasteiger partial charge in [-0.3, -0.25) is 4.79 Å². The predicted octanol–water partition coefficient (Wildman–Crippen LogP) is 7.13. The zero-order valence-corrected chi connectivity index (χ0v) is 19.4. The molecule has 0 heterocycles. The van der Waals surface area contributed by atoms with Crippen molar-refractivity contribution in [1.29, 1.82) is 0 Å². The molecule has 3 heteroatoms. The van der Waals surface area contributed by atoms with Crippen LogP contribution in [0.25, 0.3) is 11.1 Å². The highest BCUT2D eigenvalue weighted by atomic mass is 35.5. The van der Waals surface area contributed by atoms with Crippen molar-refractivity contribution in [2.45, 2.75) is 32.4 Å². The minimum atomic E-state index is 0.0254. The van der Waals surface area contributed by atoms with E-state index in [0.717, 1.165) is 24.0 Å². The maximum Gasteiger partial charge on any atom is 0.255 e. The van der Waals surface area contributed by atoms with Crippen LogP contribution in [0.4, 0.5) is 0 Å². The van der Waals surface area contributed by atoms with Gasteiger partial charge in [-0.2, -0.15) is 0 Å². The van der Waals surface area contributed by atoms with Crippen LogP contribution in [0.2, 0.25) is 5.02 Å². The lowest BCUT2D eigenvalue weighted by atomic mass is 9.97. The number of aryl methyl sites for hydroxylation is 1. The summed E-state index contributed by atoms with van der Waals surface area (Å²) in [6, 6.07) is 32.6. The van der Waals surface area contributed by atoms with Crippen LogP contribution in [0.5, 0.6) is 0 Å². The molecule has 0 aliphatic heterocycles. The minimum absolute atomic E-state index is 0.0254. The van der Waals surface area contributed by atoms with E-state index in [9.17, 15) is 4.79 Å². The van der Waals surface area contributed by atoms with E-state index in [4.69, 9.17) is 11.6 Å². The Morgan fingerprint density at radius 2 is 1.48 bits per heavy atom. The third-order valence-electron chi connectivity index (χ3n) is 6.63. The first kappa shape index (κ1) is 21.5. The summed E-state index contributed by atoms with van der Waals surface area (Å²) in [5.41, 5.74) is 7.61. The quantitative estimate of drug-likeness (QED) is 0.316. The Kier molecular flexibility index (Phi) is 6.02. The number of amides is 1. The van der Waals surface area contributed by atoms with Crippen molar-refractivity contribution in [2.24, 2.45) is 0 Å². The topological polar surface area (TPSA) is 20.3 Å². The van der Waals surface area contributed by atoms with Gasteiger partial charge in [-0.1, -0.05) is 96.5 Å². The number of benzene rings is 4. The van der Waals surface area contributed by atoms with E-state index in [1.807, 2.05) is 60.7 Å². The molecule has 0 atom stereocenters. The molecule has 0 fully saturated rings. The number of rotatable bonds is 5.